The van der Waals surface area contributed by atoms with Crippen molar-refractivity contribution in [3.63, 3.8) is 0 Å². The molecular formula is C48H32N4O. The Hall–Kier alpha value is -6.85. The van der Waals surface area contributed by atoms with E-state index in [1.54, 1.807) is 0 Å². The molecule has 3 heterocycles. The van der Waals surface area contributed by atoms with Gasteiger partial charge in [-0.3, -0.25) is 0 Å². The molecule has 0 N–H and O–H groups in total. The van der Waals surface area contributed by atoms with Gasteiger partial charge in [-0.05, 0) is 58.7 Å². The van der Waals surface area contributed by atoms with E-state index in [1.165, 1.54) is 38.5 Å². The lowest BCUT2D eigenvalue weighted by Gasteiger charge is -2.22. The van der Waals surface area contributed by atoms with Crippen LogP contribution in [-0.2, 0) is 5.41 Å². The zero-order valence-electron chi connectivity index (χ0n) is 29.2. The molecular weight excluding hydrogens is 649 g/mol. The molecule has 0 fully saturated rings. The first-order valence-corrected chi connectivity index (χ1v) is 18.0. The summed E-state index contributed by atoms with van der Waals surface area (Å²) in [4.78, 5) is 15.3. The first kappa shape index (κ1) is 29.8. The minimum absolute atomic E-state index is 0.139. The third-order valence-electron chi connectivity index (χ3n) is 11.0. The molecule has 7 aromatic carbocycles. The highest BCUT2D eigenvalue weighted by molar-refractivity contribution is 6.14. The van der Waals surface area contributed by atoms with Crippen LogP contribution in [0.15, 0.2) is 162 Å². The Labute approximate surface area is 305 Å². The van der Waals surface area contributed by atoms with E-state index in [-0.39, 0.29) is 5.41 Å². The molecule has 250 valence electrons. The van der Waals surface area contributed by atoms with E-state index in [0.717, 1.165) is 49.8 Å². The molecule has 0 bridgehead atoms. The van der Waals surface area contributed by atoms with E-state index >= 15 is 0 Å². The van der Waals surface area contributed by atoms with Crippen molar-refractivity contribution in [1.29, 1.82) is 0 Å². The smallest absolute Gasteiger partial charge is 0.167 e. The molecule has 0 saturated heterocycles. The van der Waals surface area contributed by atoms with Crippen molar-refractivity contribution in [3.8, 4) is 51.0 Å². The number of furan rings is 1. The van der Waals surface area contributed by atoms with Gasteiger partial charge in [-0.1, -0.05) is 135 Å². The molecule has 0 aliphatic heterocycles. The summed E-state index contributed by atoms with van der Waals surface area (Å²) in [6.07, 6.45) is 0. The monoisotopic (exact) mass is 680 g/mol. The van der Waals surface area contributed by atoms with Gasteiger partial charge in [0.25, 0.3) is 0 Å². The summed E-state index contributed by atoms with van der Waals surface area (Å²) >= 11 is 0. The molecule has 3 aromatic heterocycles. The highest BCUT2D eigenvalue weighted by Gasteiger charge is 2.38. The summed E-state index contributed by atoms with van der Waals surface area (Å²) in [5.41, 5.74) is 12.9. The second kappa shape index (κ2) is 11.1. The number of benzene rings is 7. The Morgan fingerprint density at radius 3 is 2.04 bits per heavy atom. The lowest BCUT2D eigenvalue weighted by atomic mass is 9.80. The van der Waals surface area contributed by atoms with Crippen LogP contribution in [0.1, 0.15) is 25.0 Å². The molecule has 1 aliphatic rings. The molecule has 0 atom stereocenters. The topological polar surface area (TPSA) is 56.7 Å². The van der Waals surface area contributed by atoms with Crippen LogP contribution in [-0.4, -0.2) is 19.5 Å². The van der Waals surface area contributed by atoms with Crippen LogP contribution in [0.3, 0.4) is 0 Å². The zero-order chi connectivity index (χ0) is 35.3. The second-order valence-electron chi connectivity index (χ2n) is 14.4. The molecule has 5 heteroatoms. The zero-order valence-corrected chi connectivity index (χ0v) is 29.2. The van der Waals surface area contributed by atoms with Gasteiger partial charge in [0.1, 0.15) is 11.2 Å². The summed E-state index contributed by atoms with van der Waals surface area (Å²) in [6.45, 7) is 4.72. The Morgan fingerprint density at radius 2 is 1.15 bits per heavy atom. The molecule has 0 radical (unpaired) electrons. The predicted octanol–water partition coefficient (Wildman–Crippen LogP) is 12.2. The fourth-order valence-corrected chi connectivity index (χ4v) is 8.66. The van der Waals surface area contributed by atoms with Crippen LogP contribution in [0.5, 0.6) is 0 Å². The van der Waals surface area contributed by atoms with Gasteiger partial charge in [0.2, 0.25) is 0 Å². The van der Waals surface area contributed by atoms with Gasteiger partial charge >= 0.3 is 0 Å². The van der Waals surface area contributed by atoms with Crippen molar-refractivity contribution in [3.05, 3.63) is 169 Å². The molecule has 5 nitrogen and oxygen atoms in total. The van der Waals surface area contributed by atoms with Crippen LogP contribution >= 0.6 is 0 Å². The van der Waals surface area contributed by atoms with E-state index in [4.69, 9.17) is 19.4 Å². The average molecular weight is 681 g/mol. The molecule has 0 spiro atoms. The molecule has 1 aliphatic carbocycles. The maximum Gasteiger partial charge on any atom is 0.167 e. The lowest BCUT2D eigenvalue weighted by Crippen LogP contribution is -2.15. The summed E-state index contributed by atoms with van der Waals surface area (Å²) in [7, 11) is 0. The number of aromatic nitrogens is 4. The Morgan fingerprint density at radius 1 is 0.491 bits per heavy atom. The average Bonchev–Trinajstić information content (AvgIpc) is 3.84. The second-order valence-corrected chi connectivity index (χ2v) is 14.4. The molecule has 0 saturated carbocycles. The minimum Gasteiger partial charge on any atom is -0.455 e. The summed E-state index contributed by atoms with van der Waals surface area (Å²) in [5.74, 6) is 1.78. The summed E-state index contributed by atoms with van der Waals surface area (Å²) in [5, 5.41) is 4.65. The normalized spacial score (nSPS) is 13.2. The Balaban J connectivity index is 1.13. The van der Waals surface area contributed by atoms with Crippen molar-refractivity contribution in [2.24, 2.45) is 0 Å². The standard InChI is InChI=1S/C48H32N4O/c1-48(2)38-23-9-6-18-32(38)34-26-27-40-42(43(34)48)36-20-7-10-24-39(36)52(40)31-17-12-16-30(28-31)46-49-45(29-14-4-3-5-15-29)50-47(51-46)37-22-13-21-35-33-19-8-11-25-41(33)53-44(35)37/h3-28H,1-2H3. The van der Waals surface area contributed by atoms with Crippen LogP contribution in [0.4, 0.5) is 0 Å². The number of fused-ring (bicyclic) bond motifs is 10. The third kappa shape index (κ3) is 4.34. The first-order chi connectivity index (χ1) is 26.0. The third-order valence-corrected chi connectivity index (χ3v) is 11.0. The van der Waals surface area contributed by atoms with E-state index < -0.39 is 0 Å². The van der Waals surface area contributed by atoms with Crippen molar-refractivity contribution in [2.45, 2.75) is 19.3 Å². The maximum absolute atomic E-state index is 6.44. The fourth-order valence-electron chi connectivity index (χ4n) is 8.66. The van der Waals surface area contributed by atoms with Crippen molar-refractivity contribution >= 4 is 43.7 Å². The van der Waals surface area contributed by atoms with Gasteiger partial charge in [0.15, 0.2) is 17.5 Å². The van der Waals surface area contributed by atoms with Crippen molar-refractivity contribution in [2.75, 3.05) is 0 Å². The summed E-state index contributed by atoms with van der Waals surface area (Å²) < 4.78 is 8.83. The number of hydrogen-bond donors (Lipinski definition) is 0. The highest BCUT2D eigenvalue weighted by atomic mass is 16.3. The highest BCUT2D eigenvalue weighted by Crippen LogP contribution is 2.53. The largest absolute Gasteiger partial charge is 0.455 e. The van der Waals surface area contributed by atoms with Gasteiger partial charge in [0, 0.05) is 43.8 Å². The first-order valence-electron chi connectivity index (χ1n) is 18.0. The number of hydrogen-bond acceptors (Lipinski definition) is 4. The number of nitrogens with zero attached hydrogens (tertiary/aromatic N) is 4. The van der Waals surface area contributed by atoms with Crippen LogP contribution in [0, 0.1) is 0 Å². The van der Waals surface area contributed by atoms with Gasteiger partial charge in [-0.15, -0.1) is 0 Å². The van der Waals surface area contributed by atoms with Crippen LogP contribution in [0.2, 0.25) is 0 Å². The lowest BCUT2D eigenvalue weighted by molar-refractivity contribution is 0.666. The van der Waals surface area contributed by atoms with Gasteiger partial charge in [0.05, 0.1) is 16.6 Å². The molecule has 0 unspecified atom stereocenters. The Kier molecular flexibility index (Phi) is 6.23. The number of para-hydroxylation sites is 3. The van der Waals surface area contributed by atoms with Gasteiger partial charge in [-0.25, -0.2) is 15.0 Å². The van der Waals surface area contributed by atoms with Crippen LogP contribution in [0.25, 0.3) is 94.7 Å². The maximum atomic E-state index is 6.44. The number of rotatable bonds is 4. The van der Waals surface area contributed by atoms with E-state index in [2.05, 4.69) is 115 Å². The van der Waals surface area contributed by atoms with Gasteiger partial charge in [-0.2, -0.15) is 0 Å². The molecule has 0 amide bonds. The molecule has 10 aromatic rings. The van der Waals surface area contributed by atoms with Crippen molar-refractivity contribution < 1.29 is 4.42 Å². The van der Waals surface area contributed by atoms with Crippen molar-refractivity contribution in [1.82, 2.24) is 19.5 Å². The van der Waals surface area contributed by atoms with Crippen LogP contribution < -0.4 is 0 Å². The summed E-state index contributed by atoms with van der Waals surface area (Å²) in [6, 6.07) is 55.2. The quantitative estimate of drug-likeness (QED) is 0.186. The fraction of sp³-hybridized carbons (Fsp3) is 0.0625. The Bertz CT molecular complexity index is 3100. The molecule has 11 rings (SSSR count). The van der Waals surface area contributed by atoms with Gasteiger partial charge < -0.3 is 8.98 Å². The van der Waals surface area contributed by atoms with E-state index in [1.807, 2.05) is 60.7 Å². The van der Waals surface area contributed by atoms with E-state index in [9.17, 15) is 0 Å². The molecule has 53 heavy (non-hydrogen) atoms. The minimum atomic E-state index is -0.139. The SMILES string of the molecule is CC1(C)c2ccccc2-c2ccc3c(c21)c1ccccc1n3-c1cccc(-c2nc(-c3ccccc3)nc(-c3cccc4c3oc3ccccc34)n2)c1. The van der Waals surface area contributed by atoms with E-state index in [0.29, 0.717) is 17.5 Å². The predicted molar refractivity (Wildman–Crippen MR) is 215 cm³/mol.